The van der Waals surface area contributed by atoms with Gasteiger partial charge >= 0.3 is 0 Å². The predicted molar refractivity (Wildman–Crippen MR) is 54.0 cm³/mol. The van der Waals surface area contributed by atoms with Gasteiger partial charge in [0.1, 0.15) is 6.10 Å². The number of benzene rings is 1. The molecule has 1 aliphatic heterocycles. The molecule has 0 radical (unpaired) electrons. The van der Waals surface area contributed by atoms with Gasteiger partial charge in [0.25, 0.3) is 0 Å². The van der Waals surface area contributed by atoms with E-state index in [4.69, 9.17) is 9.47 Å². The highest BCUT2D eigenvalue weighted by molar-refractivity contribution is 5.42. The molecule has 2 rings (SSSR count). The van der Waals surface area contributed by atoms with Gasteiger partial charge < -0.3 is 19.7 Å². The van der Waals surface area contributed by atoms with E-state index in [1.54, 1.807) is 18.2 Å². The molecule has 4 nitrogen and oxygen atoms in total. The minimum absolute atomic E-state index is 0.0914. The van der Waals surface area contributed by atoms with Gasteiger partial charge in [-0.1, -0.05) is 6.07 Å². The highest BCUT2D eigenvalue weighted by Crippen LogP contribution is 2.34. The molecule has 0 spiro atoms. The Bertz CT molecular complexity index is 350. The predicted octanol–water partition coefficient (Wildman–Crippen LogP) is 1.22. The first-order valence-electron chi connectivity index (χ1n) is 4.89. The van der Waals surface area contributed by atoms with Gasteiger partial charge in [-0.05, 0) is 24.1 Å². The fraction of sp³-hybridized carbons (Fsp3) is 0.455. The van der Waals surface area contributed by atoms with E-state index in [-0.39, 0.29) is 11.9 Å². The second-order valence-electron chi connectivity index (χ2n) is 3.58. The van der Waals surface area contributed by atoms with Gasteiger partial charge in [0.2, 0.25) is 0 Å². The number of rotatable bonds is 2. The highest BCUT2D eigenvalue weighted by atomic mass is 16.5. The van der Waals surface area contributed by atoms with Crippen LogP contribution < -0.4 is 4.74 Å². The van der Waals surface area contributed by atoms with Crippen molar-refractivity contribution in [2.45, 2.75) is 18.6 Å². The summed E-state index contributed by atoms with van der Waals surface area (Å²) in [6.45, 7) is 0.565. The summed E-state index contributed by atoms with van der Waals surface area (Å²) in [5.74, 6) is 0.490. The van der Waals surface area contributed by atoms with Crippen LogP contribution in [-0.2, 0) is 4.74 Å². The Kier molecular flexibility index (Phi) is 2.79. The summed E-state index contributed by atoms with van der Waals surface area (Å²) >= 11 is 0. The summed E-state index contributed by atoms with van der Waals surface area (Å²) in [5, 5.41) is 19.1. The number of ether oxygens (including phenoxy) is 2. The first-order valence-corrected chi connectivity index (χ1v) is 4.89. The second kappa shape index (κ2) is 4.08. The Balaban J connectivity index is 2.28. The van der Waals surface area contributed by atoms with Crippen molar-refractivity contribution in [1.82, 2.24) is 0 Å². The zero-order chi connectivity index (χ0) is 10.8. The number of aliphatic hydroxyl groups is 1. The molecule has 0 aromatic heterocycles. The van der Waals surface area contributed by atoms with Crippen LogP contribution in [0, 0.1) is 0 Å². The Morgan fingerprint density at radius 3 is 2.87 bits per heavy atom. The van der Waals surface area contributed by atoms with Gasteiger partial charge in [-0.3, -0.25) is 0 Å². The van der Waals surface area contributed by atoms with Gasteiger partial charge in [-0.25, -0.2) is 0 Å². The van der Waals surface area contributed by atoms with Crippen LogP contribution >= 0.6 is 0 Å². The molecule has 2 N–H and O–H groups in total. The monoisotopic (exact) mass is 210 g/mol. The third-order valence-electron chi connectivity index (χ3n) is 2.59. The zero-order valence-electron chi connectivity index (χ0n) is 8.51. The SMILES string of the molecule is COc1cc(C2OCCC2O)ccc1O. The lowest BCUT2D eigenvalue weighted by Gasteiger charge is -2.15. The van der Waals surface area contributed by atoms with E-state index in [1.165, 1.54) is 7.11 Å². The lowest BCUT2D eigenvalue weighted by atomic mass is 10.0. The Labute approximate surface area is 88.1 Å². The summed E-state index contributed by atoms with van der Waals surface area (Å²) in [7, 11) is 1.49. The van der Waals surface area contributed by atoms with Gasteiger partial charge in [0.05, 0.1) is 19.8 Å². The van der Waals surface area contributed by atoms with Gasteiger partial charge in [0.15, 0.2) is 11.5 Å². The average Bonchev–Trinajstić information content (AvgIpc) is 2.65. The van der Waals surface area contributed by atoms with Crippen LogP contribution in [0.3, 0.4) is 0 Å². The van der Waals surface area contributed by atoms with E-state index in [9.17, 15) is 10.2 Å². The quantitative estimate of drug-likeness (QED) is 0.770. The minimum Gasteiger partial charge on any atom is -0.504 e. The molecule has 2 atom stereocenters. The van der Waals surface area contributed by atoms with Crippen LogP contribution in [0.5, 0.6) is 11.5 Å². The van der Waals surface area contributed by atoms with Crippen molar-refractivity contribution in [1.29, 1.82) is 0 Å². The topological polar surface area (TPSA) is 58.9 Å². The summed E-state index contributed by atoms with van der Waals surface area (Å²) in [6.07, 6.45) is -0.132. The molecule has 0 bridgehead atoms. The molecule has 15 heavy (non-hydrogen) atoms. The molecule has 1 aromatic carbocycles. The maximum atomic E-state index is 9.65. The van der Waals surface area contributed by atoms with Crippen molar-refractivity contribution >= 4 is 0 Å². The fourth-order valence-electron chi connectivity index (χ4n) is 1.77. The molecule has 0 aliphatic carbocycles. The molecule has 1 aromatic rings. The third-order valence-corrected chi connectivity index (χ3v) is 2.59. The minimum atomic E-state index is -0.473. The van der Waals surface area contributed by atoms with Crippen molar-refractivity contribution in [2.75, 3.05) is 13.7 Å². The molecule has 1 fully saturated rings. The van der Waals surface area contributed by atoms with E-state index in [1.807, 2.05) is 0 Å². The number of aromatic hydroxyl groups is 1. The maximum absolute atomic E-state index is 9.65. The largest absolute Gasteiger partial charge is 0.504 e. The molecule has 1 saturated heterocycles. The summed E-state index contributed by atoms with van der Waals surface area (Å²) < 4.78 is 10.4. The average molecular weight is 210 g/mol. The van der Waals surface area contributed by atoms with Crippen molar-refractivity contribution in [3.8, 4) is 11.5 Å². The highest BCUT2D eigenvalue weighted by Gasteiger charge is 2.28. The van der Waals surface area contributed by atoms with Gasteiger partial charge in [0, 0.05) is 0 Å². The van der Waals surface area contributed by atoms with Crippen LogP contribution in [0.15, 0.2) is 18.2 Å². The Hall–Kier alpha value is -1.26. The fourth-order valence-corrected chi connectivity index (χ4v) is 1.77. The molecule has 82 valence electrons. The van der Waals surface area contributed by atoms with Gasteiger partial charge in [-0.2, -0.15) is 0 Å². The third kappa shape index (κ3) is 1.91. The lowest BCUT2D eigenvalue weighted by Crippen LogP contribution is -2.12. The normalized spacial score (nSPS) is 25.5. The maximum Gasteiger partial charge on any atom is 0.160 e. The van der Waals surface area contributed by atoms with Crippen LogP contribution in [-0.4, -0.2) is 30.0 Å². The number of phenolic OH excluding ortho intramolecular Hbond substituents is 1. The smallest absolute Gasteiger partial charge is 0.160 e. The molecule has 4 heteroatoms. The first kappa shape index (κ1) is 10.3. The van der Waals surface area contributed by atoms with Crippen LogP contribution in [0.1, 0.15) is 18.1 Å². The number of phenols is 1. The van der Waals surface area contributed by atoms with Crippen LogP contribution in [0.2, 0.25) is 0 Å². The Morgan fingerprint density at radius 2 is 2.27 bits per heavy atom. The van der Waals surface area contributed by atoms with Crippen LogP contribution in [0.25, 0.3) is 0 Å². The van der Waals surface area contributed by atoms with E-state index in [0.29, 0.717) is 18.8 Å². The summed E-state index contributed by atoms with van der Waals surface area (Å²) in [6, 6.07) is 4.97. The van der Waals surface area contributed by atoms with Crippen molar-refractivity contribution in [3.63, 3.8) is 0 Å². The number of aliphatic hydroxyl groups excluding tert-OH is 1. The summed E-state index contributed by atoms with van der Waals surface area (Å²) in [5.41, 5.74) is 0.828. The molecule has 1 aliphatic rings. The lowest BCUT2D eigenvalue weighted by molar-refractivity contribution is 0.0416. The Morgan fingerprint density at radius 1 is 1.47 bits per heavy atom. The van der Waals surface area contributed by atoms with Crippen molar-refractivity contribution in [3.05, 3.63) is 23.8 Å². The molecule has 1 heterocycles. The van der Waals surface area contributed by atoms with Crippen molar-refractivity contribution < 1.29 is 19.7 Å². The standard InChI is InChI=1S/C11H14O4/c1-14-10-6-7(2-3-8(10)12)11-9(13)4-5-15-11/h2-3,6,9,11-13H,4-5H2,1H3. The molecular weight excluding hydrogens is 196 g/mol. The first-order chi connectivity index (χ1) is 7.22. The molecule has 0 saturated carbocycles. The van der Waals surface area contributed by atoms with E-state index in [0.717, 1.165) is 5.56 Å². The van der Waals surface area contributed by atoms with Crippen LogP contribution in [0.4, 0.5) is 0 Å². The number of hydrogen-bond donors (Lipinski definition) is 2. The number of hydrogen-bond acceptors (Lipinski definition) is 4. The molecule has 0 amide bonds. The second-order valence-corrected chi connectivity index (χ2v) is 3.58. The van der Waals surface area contributed by atoms with Gasteiger partial charge in [-0.15, -0.1) is 0 Å². The molecular formula is C11H14O4. The van der Waals surface area contributed by atoms with E-state index < -0.39 is 6.10 Å². The summed E-state index contributed by atoms with van der Waals surface area (Å²) in [4.78, 5) is 0. The zero-order valence-corrected chi connectivity index (χ0v) is 8.51. The number of methoxy groups -OCH3 is 1. The van der Waals surface area contributed by atoms with E-state index in [2.05, 4.69) is 0 Å². The van der Waals surface area contributed by atoms with E-state index >= 15 is 0 Å². The van der Waals surface area contributed by atoms with Crippen molar-refractivity contribution in [2.24, 2.45) is 0 Å². The molecule has 2 unspecified atom stereocenters.